The number of aromatic nitrogens is 1. The maximum absolute atomic E-state index is 15.0. The lowest BCUT2D eigenvalue weighted by Gasteiger charge is -2.39. The van der Waals surface area contributed by atoms with Crippen LogP contribution in [-0.4, -0.2) is 126 Å². The predicted octanol–water partition coefficient (Wildman–Crippen LogP) is 4.50. The molecule has 4 aliphatic heterocycles. The molecule has 9 N–H and O–H groups in total. The number of unbranched alkanes of at least 4 members (excludes halogenated alkanes) is 3. The predicted molar refractivity (Wildman–Crippen MR) is 296 cm³/mol. The number of hydrogen-bond donors (Lipinski definition) is 8. The maximum Gasteiger partial charge on any atom is 0.399 e. The third kappa shape index (κ3) is 13.4. The Kier molecular flexibility index (Phi) is 18.0. The fourth-order valence-electron chi connectivity index (χ4n) is 11.2. The van der Waals surface area contributed by atoms with Crippen LogP contribution in [0.4, 0.5) is 8.78 Å². The number of hydrogen-bond acceptors (Lipinski definition) is 10. The molecule has 0 aliphatic carbocycles. The summed E-state index contributed by atoms with van der Waals surface area (Å²) in [6.07, 6.45) is 2.79. The molecule has 5 heterocycles. The fraction of sp³-hybridized carbons (Fsp3) is 0.373. The topological polar surface area (TPSA) is 311 Å². The molecular formula is C59H62F2N9O12P. The number of benzene rings is 4. The summed E-state index contributed by atoms with van der Waals surface area (Å²) in [5.74, 6) is 1.13. The third-order valence-corrected chi connectivity index (χ3v) is 16.6. The van der Waals surface area contributed by atoms with E-state index >= 15 is 4.79 Å². The van der Waals surface area contributed by atoms with Crippen LogP contribution in [-0.2, 0) is 50.3 Å². The van der Waals surface area contributed by atoms with Crippen LogP contribution in [0.15, 0.2) is 103 Å². The van der Waals surface area contributed by atoms with Gasteiger partial charge < -0.3 is 51.2 Å². The third-order valence-electron chi connectivity index (χ3n) is 15.6. The Bertz CT molecular complexity index is 3430. The van der Waals surface area contributed by atoms with Crippen LogP contribution < -0.4 is 27.0 Å². The average molecular weight is 1160 g/mol. The summed E-state index contributed by atoms with van der Waals surface area (Å²) < 4.78 is 41.1. The molecule has 3 fully saturated rings. The first-order valence-electron chi connectivity index (χ1n) is 27.4. The normalized spacial score (nSPS) is 19.5. The lowest BCUT2D eigenvalue weighted by molar-refractivity contribution is -0.145. The molecule has 0 spiro atoms. The Morgan fingerprint density at radius 3 is 2.24 bits per heavy atom. The smallest absolute Gasteiger partial charge is 0.370 e. The highest BCUT2D eigenvalue weighted by Crippen LogP contribution is 2.59. The number of halogens is 2. The number of amides is 9. The molecule has 5 aromatic rings. The van der Waals surface area contributed by atoms with E-state index < -0.39 is 90.5 Å². The molecule has 24 heteroatoms. The van der Waals surface area contributed by atoms with Gasteiger partial charge in [0.05, 0.1) is 6.04 Å². The van der Waals surface area contributed by atoms with Crippen molar-refractivity contribution in [2.45, 2.75) is 126 Å². The molecule has 4 aliphatic rings. The van der Waals surface area contributed by atoms with Crippen LogP contribution in [0.5, 0.6) is 0 Å². The van der Waals surface area contributed by atoms with E-state index in [0.29, 0.717) is 48.8 Å². The largest absolute Gasteiger partial charge is 0.399 e. The number of piperidine rings is 1. The summed E-state index contributed by atoms with van der Waals surface area (Å²) in [7, 11) is -5.94. The van der Waals surface area contributed by atoms with Gasteiger partial charge in [-0.2, -0.15) is 8.78 Å². The van der Waals surface area contributed by atoms with E-state index in [2.05, 4.69) is 38.1 Å². The number of H-pyrrole nitrogens is 1. The zero-order valence-corrected chi connectivity index (χ0v) is 45.9. The van der Waals surface area contributed by atoms with Crippen molar-refractivity contribution in [2.24, 2.45) is 5.73 Å². The number of rotatable bonds is 19. The molecule has 434 valence electrons. The molecule has 2 unspecified atom stereocenters. The molecule has 5 atom stereocenters. The quantitative estimate of drug-likeness (QED) is 0.0245. The first kappa shape index (κ1) is 59.1. The van der Waals surface area contributed by atoms with Crippen molar-refractivity contribution in [3.63, 3.8) is 0 Å². The number of fused-ring (bicyclic) bond motifs is 3. The molecule has 9 rings (SSSR count). The van der Waals surface area contributed by atoms with E-state index in [1.54, 1.807) is 18.2 Å². The van der Waals surface area contributed by atoms with Crippen LogP contribution in [0.25, 0.3) is 10.9 Å². The Hall–Kier alpha value is -8.58. The maximum atomic E-state index is 15.0. The molecule has 0 saturated carbocycles. The minimum atomic E-state index is -5.94. The van der Waals surface area contributed by atoms with Crippen molar-refractivity contribution < 1.29 is 66.3 Å². The number of primary amides is 1. The van der Waals surface area contributed by atoms with E-state index in [1.807, 2.05) is 60.7 Å². The summed E-state index contributed by atoms with van der Waals surface area (Å²) in [6.45, 7) is -0.0317. The fourth-order valence-corrected chi connectivity index (χ4v) is 11.7. The number of imide groups is 1. The first-order chi connectivity index (χ1) is 39.7. The van der Waals surface area contributed by atoms with E-state index in [1.165, 1.54) is 20.8 Å². The first-order valence-corrected chi connectivity index (χ1v) is 29.0. The average Bonchev–Trinajstić information content (AvgIpc) is 4.43. The number of nitrogens with one attached hydrogen (secondary N) is 5. The monoisotopic (exact) mass is 1160 g/mol. The summed E-state index contributed by atoms with van der Waals surface area (Å²) in [5, 5.41) is 10.8. The Labute approximate surface area is 475 Å². The molecule has 9 amide bonds. The van der Waals surface area contributed by atoms with Crippen LogP contribution in [0, 0.1) is 11.8 Å². The second-order valence-corrected chi connectivity index (χ2v) is 22.8. The Morgan fingerprint density at radius 2 is 1.55 bits per heavy atom. The highest BCUT2D eigenvalue weighted by atomic mass is 31.2. The minimum Gasteiger partial charge on any atom is -0.370 e. The molecule has 0 bridgehead atoms. The second kappa shape index (κ2) is 25.3. The van der Waals surface area contributed by atoms with E-state index in [-0.39, 0.29) is 98.9 Å². The van der Waals surface area contributed by atoms with Crippen molar-refractivity contribution in [2.75, 3.05) is 13.1 Å². The van der Waals surface area contributed by atoms with Crippen LogP contribution >= 0.6 is 7.60 Å². The van der Waals surface area contributed by atoms with Crippen LogP contribution in [0.1, 0.15) is 132 Å². The summed E-state index contributed by atoms with van der Waals surface area (Å²) in [5.41, 5.74) is 3.21. The lowest BCUT2D eigenvalue weighted by Crippen LogP contribution is -2.62. The van der Waals surface area contributed by atoms with Gasteiger partial charge in [-0.05, 0) is 92.0 Å². The number of carbonyl (C=O) groups is 9. The standard InChI is InChI=1S/C59H62F2N9O12P/c60-59(61,83(80,81)82)39-21-23-43-38(31-39)32-45(63-43)54(75)65-46-34-68(51(73)20-11-3-1-2-6-13-35-18-12-19-41-42(35)33-69(57(41)78)47-26-28-50(72)66-55(47)76)30-29-40-22-25-48(70(40)58(46)79)56(77)64-44(24-27-49(62)71)53(74)67-52(36-14-7-4-8-15-36)37-16-9-5-10-17-37/h4-5,7-10,12,14-19,21,23,31-32,40,44,46-48,52,63H,1-3,11,20,22,24-30,33-34H2,(H2,62,71)(H,64,77)(H,65,75)(H,67,74)(H,66,72,76)(H2,80,81,82)/t40-,44?,46+,47?,48+/m1/s1. The van der Waals surface area contributed by atoms with Gasteiger partial charge in [0.2, 0.25) is 41.4 Å². The summed E-state index contributed by atoms with van der Waals surface area (Å²) in [6, 6.07) is 21.4. The van der Waals surface area contributed by atoms with Gasteiger partial charge in [-0.15, -0.1) is 0 Å². The molecule has 83 heavy (non-hydrogen) atoms. The van der Waals surface area contributed by atoms with Gasteiger partial charge in [0.15, 0.2) is 0 Å². The number of alkyl halides is 2. The molecule has 21 nitrogen and oxygen atoms in total. The van der Waals surface area contributed by atoms with Crippen molar-refractivity contribution >= 4 is 71.7 Å². The summed E-state index contributed by atoms with van der Waals surface area (Å²) in [4.78, 5) is 148. The van der Waals surface area contributed by atoms with Gasteiger partial charge in [0, 0.05) is 79.0 Å². The van der Waals surface area contributed by atoms with Crippen LogP contribution in [0.3, 0.4) is 0 Å². The number of nitrogens with zero attached hydrogens (tertiary/aromatic N) is 3. The number of aromatic amines is 1. The van der Waals surface area contributed by atoms with Gasteiger partial charge in [-0.25, -0.2) is 0 Å². The van der Waals surface area contributed by atoms with E-state index in [9.17, 15) is 61.5 Å². The minimum absolute atomic E-state index is 0.00360. The van der Waals surface area contributed by atoms with Crippen LogP contribution in [0.2, 0.25) is 0 Å². The highest BCUT2D eigenvalue weighted by Gasteiger charge is 2.51. The molecule has 4 aromatic carbocycles. The van der Waals surface area contributed by atoms with Gasteiger partial charge in [-0.1, -0.05) is 91.1 Å². The molecule has 1 aromatic heterocycles. The molecule has 3 saturated heterocycles. The number of carbonyl (C=O) groups excluding carboxylic acids is 9. The van der Waals surface area contributed by atoms with Gasteiger partial charge in [0.25, 0.3) is 11.8 Å². The molecular weight excluding hydrogens is 1100 g/mol. The SMILES string of the molecule is NC(=O)CCC(NC(=O)[C@@H]1CC[C@@H]2CCN(C(=O)CCCCCC#Cc3cccc4c3CN(C3CCC(=O)NC3=O)C4=O)C[C@H](NC(=O)c3cc4cc(C(F)(F)P(=O)(O)O)ccc4[nH]3)C(=O)N21)C(=O)NC(c1ccccc1)c1ccccc1. The zero-order chi connectivity index (χ0) is 59.2. The number of nitrogens with two attached hydrogens (primary N) is 1. The van der Waals surface area contributed by atoms with Gasteiger partial charge in [-0.3, -0.25) is 53.0 Å². The van der Waals surface area contributed by atoms with Crippen molar-refractivity contribution in [1.29, 1.82) is 0 Å². The lowest BCUT2D eigenvalue weighted by atomic mass is 9.98. The highest BCUT2D eigenvalue weighted by molar-refractivity contribution is 7.52. The van der Waals surface area contributed by atoms with Crippen molar-refractivity contribution in [3.05, 3.63) is 142 Å². The molecule has 0 radical (unpaired) electrons. The Morgan fingerprint density at radius 1 is 0.831 bits per heavy atom. The van der Waals surface area contributed by atoms with Crippen molar-refractivity contribution in [3.8, 4) is 11.8 Å². The second-order valence-electron chi connectivity index (χ2n) is 21.1. The van der Waals surface area contributed by atoms with E-state index in [4.69, 9.17) is 5.73 Å². The zero-order valence-electron chi connectivity index (χ0n) is 45.0. The Balaban J connectivity index is 0.888. The van der Waals surface area contributed by atoms with E-state index in [0.717, 1.165) is 29.3 Å². The van der Waals surface area contributed by atoms with Gasteiger partial charge in [0.1, 0.15) is 29.9 Å². The van der Waals surface area contributed by atoms with Gasteiger partial charge >= 0.3 is 13.3 Å². The summed E-state index contributed by atoms with van der Waals surface area (Å²) >= 11 is 0. The van der Waals surface area contributed by atoms with Crippen molar-refractivity contribution in [1.82, 2.24) is 41.0 Å².